The van der Waals surface area contributed by atoms with Crippen LogP contribution in [0, 0.1) is 11.6 Å². The van der Waals surface area contributed by atoms with E-state index in [1.807, 2.05) is 0 Å². The number of carbonyl (C=O) groups excluding carboxylic acids is 2. The molecule has 2 aromatic carbocycles. The van der Waals surface area contributed by atoms with Crippen molar-refractivity contribution in [1.82, 2.24) is 14.5 Å². The maximum absolute atomic E-state index is 13.9. The Hall–Kier alpha value is -3.05. The number of piperazine rings is 1. The number of methoxy groups -OCH3 is 1. The van der Waals surface area contributed by atoms with E-state index < -0.39 is 26.6 Å². The second-order valence-corrected chi connectivity index (χ2v) is 9.30. The van der Waals surface area contributed by atoms with E-state index in [9.17, 15) is 26.8 Å². The molecule has 33 heavy (non-hydrogen) atoms. The van der Waals surface area contributed by atoms with Gasteiger partial charge in [0.1, 0.15) is 17.4 Å². The quantitative estimate of drug-likeness (QED) is 0.582. The molecule has 0 bridgehead atoms. The molecule has 1 aliphatic heterocycles. The number of rotatable bonds is 8. The van der Waals surface area contributed by atoms with Crippen molar-refractivity contribution in [2.45, 2.75) is 17.7 Å². The molecule has 1 saturated heterocycles. The van der Waals surface area contributed by atoms with Crippen molar-refractivity contribution < 1.29 is 31.5 Å². The van der Waals surface area contributed by atoms with Crippen LogP contribution in [0.1, 0.15) is 23.2 Å². The number of halogens is 2. The lowest BCUT2D eigenvalue weighted by Gasteiger charge is -2.34. The molecule has 1 aliphatic rings. The van der Waals surface area contributed by atoms with Crippen LogP contribution in [-0.4, -0.2) is 69.3 Å². The Kier molecular flexibility index (Phi) is 7.98. The van der Waals surface area contributed by atoms with Gasteiger partial charge in [0.05, 0.1) is 7.11 Å². The van der Waals surface area contributed by atoms with Gasteiger partial charge < -0.3 is 15.0 Å². The maximum Gasteiger partial charge on any atom is 0.251 e. The molecule has 2 aromatic rings. The third kappa shape index (κ3) is 5.85. The molecule has 2 amide bonds. The van der Waals surface area contributed by atoms with Crippen LogP contribution in [0.5, 0.6) is 5.75 Å². The van der Waals surface area contributed by atoms with E-state index in [0.29, 0.717) is 24.3 Å². The summed E-state index contributed by atoms with van der Waals surface area (Å²) in [6.45, 7) is 0.419. The zero-order valence-electron chi connectivity index (χ0n) is 18.1. The fourth-order valence-electron chi connectivity index (χ4n) is 3.48. The van der Waals surface area contributed by atoms with Crippen molar-refractivity contribution in [1.29, 1.82) is 0 Å². The molecule has 0 aliphatic carbocycles. The SMILES string of the molecule is COc1ccc(C(=O)NCCCC(=O)N2CCN(S(=O)(=O)c3c(F)cccc3F)CC2)cc1. The average molecular weight is 482 g/mol. The number of nitrogens with zero attached hydrogens (tertiary/aromatic N) is 2. The van der Waals surface area contributed by atoms with Gasteiger partial charge in [0.15, 0.2) is 4.90 Å². The summed E-state index contributed by atoms with van der Waals surface area (Å²) in [5.41, 5.74) is 0.478. The minimum Gasteiger partial charge on any atom is -0.497 e. The Balaban J connectivity index is 1.44. The van der Waals surface area contributed by atoms with E-state index in [1.165, 1.54) is 12.0 Å². The van der Waals surface area contributed by atoms with Crippen LogP contribution in [0.4, 0.5) is 8.78 Å². The zero-order valence-corrected chi connectivity index (χ0v) is 18.9. The first-order valence-corrected chi connectivity index (χ1v) is 11.8. The van der Waals surface area contributed by atoms with Gasteiger partial charge in [-0.1, -0.05) is 6.07 Å². The highest BCUT2D eigenvalue weighted by atomic mass is 32.2. The molecular weight excluding hydrogens is 456 g/mol. The number of nitrogens with one attached hydrogen (secondary N) is 1. The van der Waals surface area contributed by atoms with Gasteiger partial charge in [-0.15, -0.1) is 0 Å². The summed E-state index contributed by atoms with van der Waals surface area (Å²) < 4.78 is 59.1. The summed E-state index contributed by atoms with van der Waals surface area (Å²) in [6.07, 6.45) is 0.595. The molecule has 0 atom stereocenters. The number of sulfonamides is 1. The first-order chi connectivity index (χ1) is 15.7. The van der Waals surface area contributed by atoms with Crippen molar-refractivity contribution in [2.75, 3.05) is 39.8 Å². The minimum absolute atomic E-state index is 0.0595. The minimum atomic E-state index is -4.34. The molecule has 0 saturated carbocycles. The first-order valence-electron chi connectivity index (χ1n) is 10.4. The predicted molar refractivity (Wildman–Crippen MR) is 116 cm³/mol. The monoisotopic (exact) mass is 481 g/mol. The third-order valence-electron chi connectivity index (χ3n) is 5.31. The van der Waals surface area contributed by atoms with Crippen LogP contribution in [0.3, 0.4) is 0 Å². The molecular formula is C22H25F2N3O5S. The van der Waals surface area contributed by atoms with Gasteiger partial charge in [-0.25, -0.2) is 17.2 Å². The maximum atomic E-state index is 13.9. The predicted octanol–water partition coefficient (Wildman–Crippen LogP) is 2.02. The van der Waals surface area contributed by atoms with Crippen LogP contribution in [0.2, 0.25) is 0 Å². The Morgan fingerprint density at radius 3 is 2.18 bits per heavy atom. The fraction of sp³-hybridized carbons (Fsp3) is 0.364. The number of carbonyl (C=O) groups is 2. The molecule has 0 unspecified atom stereocenters. The van der Waals surface area contributed by atoms with Gasteiger partial charge in [0.2, 0.25) is 15.9 Å². The second kappa shape index (κ2) is 10.7. The molecule has 1 heterocycles. The van der Waals surface area contributed by atoms with Gasteiger partial charge in [-0.2, -0.15) is 4.31 Å². The highest BCUT2D eigenvalue weighted by Crippen LogP contribution is 2.23. The summed E-state index contributed by atoms with van der Waals surface area (Å²) in [7, 11) is -2.81. The van der Waals surface area contributed by atoms with E-state index in [1.54, 1.807) is 24.3 Å². The van der Waals surface area contributed by atoms with E-state index in [2.05, 4.69) is 5.32 Å². The number of hydrogen-bond acceptors (Lipinski definition) is 5. The van der Waals surface area contributed by atoms with Crippen LogP contribution in [0.15, 0.2) is 47.4 Å². The Morgan fingerprint density at radius 1 is 1.00 bits per heavy atom. The van der Waals surface area contributed by atoms with E-state index in [-0.39, 0.29) is 44.4 Å². The van der Waals surface area contributed by atoms with Gasteiger partial charge in [-0.05, 0) is 42.8 Å². The molecule has 0 aromatic heterocycles. The molecule has 0 spiro atoms. The van der Waals surface area contributed by atoms with E-state index in [4.69, 9.17) is 4.74 Å². The molecule has 1 N–H and O–H groups in total. The van der Waals surface area contributed by atoms with E-state index in [0.717, 1.165) is 22.5 Å². The highest BCUT2D eigenvalue weighted by Gasteiger charge is 2.33. The summed E-state index contributed by atoms with van der Waals surface area (Å²) >= 11 is 0. The van der Waals surface area contributed by atoms with Gasteiger partial charge in [0, 0.05) is 44.7 Å². The second-order valence-electron chi connectivity index (χ2n) is 7.42. The van der Waals surface area contributed by atoms with Crippen molar-refractivity contribution in [3.05, 3.63) is 59.7 Å². The topological polar surface area (TPSA) is 96.0 Å². The summed E-state index contributed by atoms with van der Waals surface area (Å²) in [4.78, 5) is 25.1. The molecule has 0 radical (unpaired) electrons. The number of hydrogen-bond donors (Lipinski definition) is 1. The van der Waals surface area contributed by atoms with Gasteiger partial charge in [0.25, 0.3) is 5.91 Å². The summed E-state index contributed by atoms with van der Waals surface area (Å²) in [5, 5.41) is 2.74. The van der Waals surface area contributed by atoms with E-state index >= 15 is 0 Å². The Bertz CT molecular complexity index is 1080. The van der Waals surface area contributed by atoms with Gasteiger partial charge >= 0.3 is 0 Å². The lowest BCUT2D eigenvalue weighted by molar-refractivity contribution is -0.132. The van der Waals surface area contributed by atoms with Crippen molar-refractivity contribution in [3.63, 3.8) is 0 Å². The standard InChI is InChI=1S/C22H25F2N3O5S/c1-32-17-9-7-16(8-10-17)22(29)25-11-3-6-20(28)26-12-14-27(15-13-26)33(30,31)21-18(23)4-2-5-19(21)24/h2,4-5,7-10H,3,6,11-15H2,1H3,(H,25,29). The molecule has 1 fully saturated rings. The molecule has 8 nitrogen and oxygen atoms in total. The normalized spacial score (nSPS) is 14.7. The zero-order chi connectivity index (χ0) is 24.0. The summed E-state index contributed by atoms with van der Waals surface area (Å²) in [5.74, 6) is -2.09. The third-order valence-corrected chi connectivity index (χ3v) is 7.26. The Labute approximate surface area is 191 Å². The smallest absolute Gasteiger partial charge is 0.251 e. The number of ether oxygens (including phenoxy) is 1. The van der Waals surface area contributed by atoms with Crippen molar-refractivity contribution in [2.24, 2.45) is 0 Å². The number of amides is 2. The molecule has 11 heteroatoms. The highest BCUT2D eigenvalue weighted by molar-refractivity contribution is 7.89. The lowest BCUT2D eigenvalue weighted by atomic mass is 10.2. The molecule has 3 rings (SSSR count). The number of benzene rings is 2. The van der Waals surface area contributed by atoms with Crippen LogP contribution in [-0.2, 0) is 14.8 Å². The summed E-state index contributed by atoms with van der Waals surface area (Å²) in [6, 6.07) is 9.52. The van der Waals surface area contributed by atoms with Crippen LogP contribution >= 0.6 is 0 Å². The van der Waals surface area contributed by atoms with Gasteiger partial charge in [-0.3, -0.25) is 9.59 Å². The van der Waals surface area contributed by atoms with Crippen LogP contribution in [0.25, 0.3) is 0 Å². The van der Waals surface area contributed by atoms with Crippen molar-refractivity contribution in [3.8, 4) is 5.75 Å². The fourth-order valence-corrected chi connectivity index (χ4v) is 5.01. The average Bonchev–Trinajstić information content (AvgIpc) is 2.81. The van der Waals surface area contributed by atoms with Crippen LogP contribution < -0.4 is 10.1 Å². The Morgan fingerprint density at radius 2 is 1.61 bits per heavy atom. The van der Waals surface area contributed by atoms with Crippen molar-refractivity contribution >= 4 is 21.8 Å². The largest absolute Gasteiger partial charge is 0.497 e. The molecule has 178 valence electrons. The lowest BCUT2D eigenvalue weighted by Crippen LogP contribution is -2.50. The first kappa shape index (κ1) is 24.6.